The molecule has 0 aliphatic heterocycles. The maximum absolute atomic E-state index is 9.20. The summed E-state index contributed by atoms with van der Waals surface area (Å²) in [5.74, 6) is 0.396. The van der Waals surface area contributed by atoms with Gasteiger partial charge in [-0.25, -0.2) is 4.98 Å². The molecule has 3 heteroatoms. The number of nitriles is 1. The summed E-state index contributed by atoms with van der Waals surface area (Å²) in [5, 5.41) is 9.20. The van der Waals surface area contributed by atoms with E-state index in [9.17, 15) is 5.26 Å². The molecule has 0 spiro atoms. The number of fused-ring (bicyclic) bond motifs is 1. The van der Waals surface area contributed by atoms with E-state index in [1.54, 1.807) is 0 Å². The van der Waals surface area contributed by atoms with Gasteiger partial charge < -0.3 is 4.42 Å². The van der Waals surface area contributed by atoms with Gasteiger partial charge >= 0.3 is 0 Å². The molecule has 0 atom stereocenters. The van der Waals surface area contributed by atoms with Crippen molar-refractivity contribution in [3.05, 3.63) is 35.7 Å². The molecule has 0 aliphatic rings. The summed E-state index contributed by atoms with van der Waals surface area (Å²) in [7, 11) is 0. The van der Waals surface area contributed by atoms with Gasteiger partial charge in [0.1, 0.15) is 17.2 Å². The van der Waals surface area contributed by atoms with Gasteiger partial charge in [-0.05, 0) is 30.0 Å². The van der Waals surface area contributed by atoms with E-state index in [1.807, 2.05) is 52.0 Å². The molecular formula is C15H16N2O. The molecule has 0 unspecified atom stereocenters. The van der Waals surface area contributed by atoms with Crippen molar-refractivity contribution in [2.75, 3.05) is 0 Å². The van der Waals surface area contributed by atoms with Crippen LogP contribution in [-0.4, -0.2) is 4.98 Å². The summed E-state index contributed by atoms with van der Waals surface area (Å²) in [6, 6.07) is 7.97. The molecule has 0 saturated carbocycles. The van der Waals surface area contributed by atoms with Crippen LogP contribution in [0.5, 0.6) is 0 Å². The fourth-order valence-corrected chi connectivity index (χ4v) is 1.72. The van der Waals surface area contributed by atoms with Crippen molar-refractivity contribution in [3.63, 3.8) is 0 Å². The van der Waals surface area contributed by atoms with Gasteiger partial charge in [-0.1, -0.05) is 32.9 Å². The monoisotopic (exact) mass is 240 g/mol. The van der Waals surface area contributed by atoms with Crippen LogP contribution in [0.4, 0.5) is 0 Å². The van der Waals surface area contributed by atoms with Gasteiger partial charge in [0, 0.05) is 0 Å². The zero-order chi connectivity index (χ0) is 13.3. The lowest BCUT2D eigenvalue weighted by Crippen LogP contribution is -2.00. The molecule has 0 bridgehead atoms. The summed E-state index contributed by atoms with van der Waals surface area (Å²) in [5.41, 5.74) is 3.02. The molecule has 0 radical (unpaired) electrons. The second-order valence-electron chi connectivity index (χ2n) is 5.53. The smallest absolute Gasteiger partial charge is 0.237 e. The minimum absolute atomic E-state index is 0.0817. The molecule has 3 nitrogen and oxygen atoms in total. The fourth-order valence-electron chi connectivity index (χ4n) is 1.72. The third kappa shape index (κ3) is 2.60. The normalized spacial score (nSPS) is 12.7. The van der Waals surface area contributed by atoms with Crippen molar-refractivity contribution >= 4 is 16.7 Å². The Morgan fingerprint density at radius 1 is 1.39 bits per heavy atom. The van der Waals surface area contributed by atoms with E-state index in [2.05, 4.69) is 11.1 Å². The molecule has 1 aromatic heterocycles. The van der Waals surface area contributed by atoms with E-state index in [4.69, 9.17) is 4.42 Å². The molecule has 1 aromatic carbocycles. The minimum Gasteiger partial charge on any atom is -0.435 e. The Labute approximate surface area is 107 Å². The third-order valence-corrected chi connectivity index (χ3v) is 2.47. The average molecular weight is 240 g/mol. The number of oxazole rings is 1. The molecule has 0 aliphatic carbocycles. The Bertz CT molecular complexity index is 651. The van der Waals surface area contributed by atoms with Crippen molar-refractivity contribution in [1.82, 2.24) is 4.98 Å². The highest BCUT2D eigenvalue weighted by Gasteiger charge is 2.15. The number of benzene rings is 1. The predicted octanol–water partition coefficient (Wildman–Crippen LogP) is 4.09. The van der Waals surface area contributed by atoms with Crippen LogP contribution in [-0.2, 0) is 0 Å². The van der Waals surface area contributed by atoms with Gasteiger partial charge in [-0.2, -0.15) is 5.26 Å². The molecule has 92 valence electrons. The van der Waals surface area contributed by atoms with Crippen LogP contribution in [0.1, 0.15) is 32.2 Å². The number of nitrogens with zero attached hydrogens (tertiary/aromatic N) is 2. The van der Waals surface area contributed by atoms with Gasteiger partial charge in [-0.15, -0.1) is 0 Å². The maximum Gasteiger partial charge on any atom is 0.237 e. The lowest BCUT2D eigenvalue weighted by atomic mass is 9.94. The van der Waals surface area contributed by atoms with E-state index in [0.717, 1.165) is 16.7 Å². The quantitative estimate of drug-likeness (QED) is 0.705. The first-order valence-corrected chi connectivity index (χ1v) is 5.89. The first kappa shape index (κ1) is 12.4. The zero-order valence-corrected chi connectivity index (χ0v) is 11.1. The van der Waals surface area contributed by atoms with Crippen LogP contribution in [0.25, 0.3) is 16.7 Å². The van der Waals surface area contributed by atoms with Crippen LogP contribution < -0.4 is 0 Å². The van der Waals surface area contributed by atoms with Crippen LogP contribution in [0.3, 0.4) is 0 Å². The van der Waals surface area contributed by atoms with Crippen LogP contribution in [0.15, 0.2) is 28.7 Å². The molecule has 0 saturated heterocycles. The van der Waals surface area contributed by atoms with Crippen molar-refractivity contribution in [3.8, 4) is 6.07 Å². The summed E-state index contributed by atoms with van der Waals surface area (Å²) >= 11 is 0. The van der Waals surface area contributed by atoms with E-state index in [1.165, 1.54) is 0 Å². The van der Waals surface area contributed by atoms with Gasteiger partial charge in [0.05, 0.1) is 0 Å². The molecule has 0 fully saturated rings. The summed E-state index contributed by atoms with van der Waals surface area (Å²) in [6.45, 7) is 8.11. The lowest BCUT2D eigenvalue weighted by molar-refractivity contribution is 0.540. The molecule has 18 heavy (non-hydrogen) atoms. The number of hydrogen-bond acceptors (Lipinski definition) is 3. The molecule has 0 N–H and O–H groups in total. The van der Waals surface area contributed by atoms with Crippen molar-refractivity contribution in [2.24, 2.45) is 5.41 Å². The Morgan fingerprint density at radius 3 is 2.72 bits per heavy atom. The molecule has 2 aromatic rings. The van der Waals surface area contributed by atoms with E-state index in [-0.39, 0.29) is 5.41 Å². The molecular weight excluding hydrogens is 224 g/mol. The Hall–Kier alpha value is -2.08. The topological polar surface area (TPSA) is 49.8 Å². The van der Waals surface area contributed by atoms with Crippen LogP contribution >= 0.6 is 0 Å². The highest BCUT2D eigenvalue weighted by molar-refractivity contribution is 5.80. The van der Waals surface area contributed by atoms with E-state index < -0.39 is 0 Å². The van der Waals surface area contributed by atoms with Crippen LogP contribution in [0, 0.1) is 23.7 Å². The Kier molecular flexibility index (Phi) is 2.96. The van der Waals surface area contributed by atoms with E-state index in [0.29, 0.717) is 11.5 Å². The minimum atomic E-state index is -0.0817. The van der Waals surface area contributed by atoms with Gasteiger partial charge in [0.2, 0.25) is 5.89 Å². The Balaban J connectivity index is 2.54. The number of hydrogen-bond donors (Lipinski definition) is 0. The summed E-state index contributed by atoms with van der Waals surface area (Å²) in [4.78, 5) is 4.35. The highest BCUT2D eigenvalue weighted by atomic mass is 16.3. The first-order valence-electron chi connectivity index (χ1n) is 5.89. The van der Waals surface area contributed by atoms with Gasteiger partial charge in [-0.3, -0.25) is 0 Å². The standard InChI is InChI=1S/C15H16N2O/c1-10-5-6-12-13(7-10)18-14(17-12)11(9-16)8-15(2,3)4/h5-8H,1-4H3/b11-8+. The van der Waals surface area contributed by atoms with Crippen molar-refractivity contribution < 1.29 is 4.42 Å². The highest BCUT2D eigenvalue weighted by Crippen LogP contribution is 2.26. The first-order chi connectivity index (χ1) is 8.39. The third-order valence-electron chi connectivity index (χ3n) is 2.47. The van der Waals surface area contributed by atoms with Gasteiger partial charge in [0.25, 0.3) is 0 Å². The van der Waals surface area contributed by atoms with Crippen LogP contribution in [0.2, 0.25) is 0 Å². The van der Waals surface area contributed by atoms with Crippen molar-refractivity contribution in [2.45, 2.75) is 27.7 Å². The number of aryl methyl sites for hydroxylation is 1. The fraction of sp³-hybridized carbons (Fsp3) is 0.333. The van der Waals surface area contributed by atoms with E-state index >= 15 is 0 Å². The molecule has 0 amide bonds. The summed E-state index contributed by atoms with van der Waals surface area (Å²) in [6.07, 6.45) is 1.88. The second kappa shape index (κ2) is 4.30. The predicted molar refractivity (Wildman–Crippen MR) is 71.8 cm³/mol. The molecule has 2 rings (SSSR count). The van der Waals surface area contributed by atoms with Gasteiger partial charge in [0.15, 0.2) is 5.58 Å². The SMILES string of the molecule is Cc1ccc2nc(/C(C#N)=C/C(C)(C)C)oc2c1. The average Bonchev–Trinajstić information content (AvgIpc) is 2.67. The number of allylic oxidation sites excluding steroid dienone is 2. The number of aromatic nitrogens is 1. The zero-order valence-electron chi connectivity index (χ0n) is 11.1. The summed E-state index contributed by atoms with van der Waals surface area (Å²) < 4.78 is 5.65. The lowest BCUT2D eigenvalue weighted by Gasteiger charge is -2.11. The maximum atomic E-state index is 9.20. The second-order valence-corrected chi connectivity index (χ2v) is 5.53. The van der Waals surface area contributed by atoms with Crippen molar-refractivity contribution in [1.29, 1.82) is 5.26 Å². The molecule has 1 heterocycles. The Morgan fingerprint density at radius 2 is 2.11 bits per heavy atom. The largest absolute Gasteiger partial charge is 0.435 e. The number of rotatable bonds is 1.